The van der Waals surface area contributed by atoms with Gasteiger partial charge in [0.1, 0.15) is 0 Å². The number of hydrogen-bond donors (Lipinski definition) is 1. The number of fused-ring (bicyclic) bond motifs is 5. The fraction of sp³-hybridized carbons (Fsp3) is 0.632. The molecule has 0 aromatic carbocycles. The quantitative estimate of drug-likeness (QED) is 0.733. The first-order chi connectivity index (χ1) is 10.5. The third kappa shape index (κ3) is 2.00. The van der Waals surface area contributed by atoms with E-state index in [1.807, 2.05) is 12.2 Å². The maximum Gasteiger partial charge on any atom is 0.155 e. The number of ketones is 1. The van der Waals surface area contributed by atoms with Crippen molar-refractivity contribution in [2.75, 3.05) is 0 Å². The highest BCUT2D eigenvalue weighted by Crippen LogP contribution is 2.59. The number of allylic oxidation sites excluding steroid dienone is 5. The molecule has 4 aliphatic rings. The van der Waals surface area contributed by atoms with Crippen molar-refractivity contribution in [3.63, 3.8) is 0 Å². The van der Waals surface area contributed by atoms with Crippen LogP contribution in [0.3, 0.4) is 0 Å². The van der Waals surface area contributed by atoms with Gasteiger partial charge in [-0.25, -0.2) is 0 Å². The predicted octanol–water partition coefficient (Wildman–Crippen LogP) is 4.00. The van der Waals surface area contributed by atoms with E-state index in [1.165, 1.54) is 5.57 Å². The van der Waals surface area contributed by atoms with E-state index in [0.29, 0.717) is 35.1 Å². The molecule has 0 aromatic rings. The summed E-state index contributed by atoms with van der Waals surface area (Å²) >= 11 is 6.23. The van der Waals surface area contributed by atoms with Gasteiger partial charge in [0, 0.05) is 16.9 Å². The van der Waals surface area contributed by atoms with Crippen LogP contribution in [0.15, 0.2) is 34.9 Å². The summed E-state index contributed by atoms with van der Waals surface area (Å²) < 4.78 is 0. The maximum absolute atomic E-state index is 11.7. The molecule has 0 aromatic heterocycles. The van der Waals surface area contributed by atoms with Gasteiger partial charge in [-0.3, -0.25) is 4.79 Å². The van der Waals surface area contributed by atoms with E-state index in [9.17, 15) is 9.90 Å². The van der Waals surface area contributed by atoms with Crippen molar-refractivity contribution in [3.05, 3.63) is 34.9 Å². The Labute approximate surface area is 136 Å². The van der Waals surface area contributed by atoms with Crippen LogP contribution in [0, 0.1) is 29.1 Å². The van der Waals surface area contributed by atoms with Crippen molar-refractivity contribution in [2.24, 2.45) is 29.1 Å². The molecule has 1 saturated carbocycles. The SMILES string of the molecule is C[C@]12CC[C@H]3[C@@H](C=CC4=CC(=O)CC[C@@H]43)[C@@H]1CC=C(Cl)C2O. The molecular weight excluding hydrogens is 296 g/mol. The van der Waals surface area contributed by atoms with E-state index in [1.54, 1.807) is 0 Å². The molecule has 0 aliphatic heterocycles. The highest BCUT2D eigenvalue weighted by molar-refractivity contribution is 6.30. The molecule has 0 spiro atoms. The van der Waals surface area contributed by atoms with E-state index in [2.05, 4.69) is 19.1 Å². The number of hydrogen-bond acceptors (Lipinski definition) is 2. The molecule has 2 nitrogen and oxygen atoms in total. The first-order valence-corrected chi connectivity index (χ1v) is 8.85. The van der Waals surface area contributed by atoms with Crippen LogP contribution in [0.1, 0.15) is 39.0 Å². The first kappa shape index (κ1) is 14.7. The Morgan fingerprint density at radius 1 is 1.36 bits per heavy atom. The van der Waals surface area contributed by atoms with Gasteiger partial charge in [-0.2, -0.15) is 0 Å². The topological polar surface area (TPSA) is 37.3 Å². The second-order valence-corrected chi connectivity index (χ2v) is 8.17. The average molecular weight is 319 g/mol. The van der Waals surface area contributed by atoms with Crippen molar-refractivity contribution in [1.29, 1.82) is 0 Å². The zero-order valence-electron chi connectivity index (χ0n) is 13.0. The van der Waals surface area contributed by atoms with Gasteiger partial charge in [-0.1, -0.05) is 36.8 Å². The summed E-state index contributed by atoms with van der Waals surface area (Å²) in [4.78, 5) is 11.7. The number of aliphatic hydroxyl groups excluding tert-OH is 1. The van der Waals surface area contributed by atoms with Gasteiger partial charge >= 0.3 is 0 Å². The number of aliphatic hydroxyl groups is 1. The molecule has 3 heteroatoms. The minimum absolute atomic E-state index is 0.108. The molecule has 22 heavy (non-hydrogen) atoms. The van der Waals surface area contributed by atoms with Crippen LogP contribution < -0.4 is 0 Å². The van der Waals surface area contributed by atoms with Crippen LogP contribution in [0.5, 0.6) is 0 Å². The lowest BCUT2D eigenvalue weighted by atomic mass is 9.50. The molecule has 0 saturated heterocycles. The second kappa shape index (κ2) is 5.07. The number of rotatable bonds is 0. The molecule has 1 N–H and O–H groups in total. The summed E-state index contributed by atoms with van der Waals surface area (Å²) in [6.45, 7) is 2.21. The third-order valence-electron chi connectivity index (χ3n) is 6.76. The summed E-state index contributed by atoms with van der Waals surface area (Å²) in [5.74, 6) is 2.40. The predicted molar refractivity (Wildman–Crippen MR) is 87.3 cm³/mol. The van der Waals surface area contributed by atoms with Crippen molar-refractivity contribution in [2.45, 2.75) is 45.1 Å². The highest BCUT2D eigenvalue weighted by atomic mass is 35.5. The molecule has 4 aliphatic carbocycles. The van der Waals surface area contributed by atoms with Gasteiger partial charge in [0.25, 0.3) is 0 Å². The molecule has 118 valence electrons. The molecule has 0 amide bonds. The molecule has 0 radical (unpaired) electrons. The molecule has 0 heterocycles. The Morgan fingerprint density at radius 2 is 2.18 bits per heavy atom. The second-order valence-electron chi connectivity index (χ2n) is 7.73. The molecule has 0 bridgehead atoms. The van der Waals surface area contributed by atoms with Crippen molar-refractivity contribution >= 4 is 17.4 Å². The van der Waals surface area contributed by atoms with E-state index < -0.39 is 6.10 Å². The summed E-state index contributed by atoms with van der Waals surface area (Å²) in [6.07, 6.45) is 12.7. The summed E-state index contributed by atoms with van der Waals surface area (Å²) in [5.41, 5.74) is 1.13. The van der Waals surface area contributed by atoms with Crippen LogP contribution in [0.2, 0.25) is 0 Å². The standard InChI is InChI=1S/C19H23ClO2/c1-19-9-8-14-13-5-3-12(21)10-11(13)2-4-15(14)16(19)6-7-17(20)18(19)22/h2,4,7,10,13-16,18,22H,3,5-6,8-9H2,1H3/t13-,14+,15+,16-,18?,19-/m0/s1. The monoisotopic (exact) mass is 318 g/mol. The molecular formula is C19H23ClO2. The fourth-order valence-corrected chi connectivity index (χ4v) is 5.79. The Hall–Kier alpha value is -0.860. The Morgan fingerprint density at radius 3 is 3.00 bits per heavy atom. The molecule has 4 rings (SSSR count). The van der Waals surface area contributed by atoms with Gasteiger partial charge in [0.05, 0.1) is 6.10 Å². The third-order valence-corrected chi connectivity index (χ3v) is 7.12. The lowest BCUT2D eigenvalue weighted by Crippen LogP contribution is -2.51. The minimum atomic E-state index is -0.521. The van der Waals surface area contributed by atoms with Crippen molar-refractivity contribution in [3.8, 4) is 0 Å². The maximum atomic E-state index is 11.7. The molecule has 1 unspecified atom stereocenters. The molecule has 1 fully saturated rings. The number of halogens is 1. The zero-order valence-corrected chi connectivity index (χ0v) is 13.7. The normalized spacial score (nSPS) is 47.0. The van der Waals surface area contributed by atoms with Crippen LogP contribution >= 0.6 is 11.6 Å². The van der Waals surface area contributed by atoms with Gasteiger partial charge in [-0.05, 0) is 61.0 Å². The van der Waals surface area contributed by atoms with Crippen LogP contribution in [0.4, 0.5) is 0 Å². The Balaban J connectivity index is 1.71. The van der Waals surface area contributed by atoms with Crippen molar-refractivity contribution in [1.82, 2.24) is 0 Å². The summed E-state index contributed by atoms with van der Waals surface area (Å²) in [6, 6.07) is 0. The Bertz CT molecular complexity index is 603. The lowest BCUT2D eigenvalue weighted by Gasteiger charge is -2.55. The van der Waals surface area contributed by atoms with Crippen LogP contribution in [-0.2, 0) is 4.79 Å². The minimum Gasteiger partial charge on any atom is -0.387 e. The smallest absolute Gasteiger partial charge is 0.155 e. The summed E-state index contributed by atoms with van der Waals surface area (Å²) in [5, 5.41) is 11.2. The number of carbonyl (C=O) groups excluding carboxylic acids is 1. The van der Waals surface area contributed by atoms with E-state index in [0.717, 1.165) is 25.7 Å². The average Bonchev–Trinajstić information content (AvgIpc) is 2.51. The van der Waals surface area contributed by atoms with Gasteiger partial charge < -0.3 is 5.11 Å². The number of carbonyl (C=O) groups is 1. The molecule has 6 atom stereocenters. The van der Waals surface area contributed by atoms with E-state index >= 15 is 0 Å². The van der Waals surface area contributed by atoms with Crippen molar-refractivity contribution < 1.29 is 9.90 Å². The van der Waals surface area contributed by atoms with Crippen LogP contribution in [-0.4, -0.2) is 17.0 Å². The Kier molecular flexibility index (Phi) is 3.39. The van der Waals surface area contributed by atoms with E-state index in [4.69, 9.17) is 11.6 Å². The lowest BCUT2D eigenvalue weighted by molar-refractivity contribution is -0.115. The van der Waals surface area contributed by atoms with Gasteiger partial charge in [0.2, 0.25) is 0 Å². The van der Waals surface area contributed by atoms with E-state index in [-0.39, 0.29) is 11.2 Å². The summed E-state index contributed by atoms with van der Waals surface area (Å²) in [7, 11) is 0. The fourth-order valence-electron chi connectivity index (χ4n) is 5.46. The van der Waals surface area contributed by atoms with Gasteiger partial charge in [-0.15, -0.1) is 0 Å². The zero-order chi connectivity index (χ0) is 15.5. The largest absolute Gasteiger partial charge is 0.387 e. The van der Waals surface area contributed by atoms with Crippen LogP contribution in [0.25, 0.3) is 0 Å². The van der Waals surface area contributed by atoms with Gasteiger partial charge in [0.15, 0.2) is 5.78 Å². The first-order valence-electron chi connectivity index (χ1n) is 8.47. The highest BCUT2D eigenvalue weighted by Gasteiger charge is 2.53.